The van der Waals surface area contributed by atoms with Gasteiger partial charge in [0.25, 0.3) is 0 Å². The van der Waals surface area contributed by atoms with E-state index in [0.29, 0.717) is 36.2 Å². The lowest BCUT2D eigenvalue weighted by Crippen LogP contribution is -2.47. The van der Waals surface area contributed by atoms with Crippen molar-refractivity contribution in [1.82, 2.24) is 15.1 Å². The topological polar surface area (TPSA) is 68.2 Å². The zero-order chi connectivity index (χ0) is 18.1. The highest BCUT2D eigenvalue weighted by molar-refractivity contribution is 8.24. The number of hydrogen-bond donors (Lipinski definition) is 2. The largest absolute Gasteiger partial charge is 0.385 e. The summed E-state index contributed by atoms with van der Waals surface area (Å²) in [6.07, 6.45) is 1.34. The Labute approximate surface area is 162 Å². The lowest BCUT2D eigenvalue weighted by Gasteiger charge is -2.39. The molecule has 3 heterocycles. The predicted octanol–water partition coefficient (Wildman–Crippen LogP) is 1.16. The third kappa shape index (κ3) is 3.38. The van der Waals surface area contributed by atoms with E-state index in [1.165, 1.54) is 11.8 Å². The van der Waals surface area contributed by atoms with Gasteiger partial charge in [0.1, 0.15) is 5.25 Å². The van der Waals surface area contributed by atoms with Crippen LogP contribution in [0.5, 0.6) is 0 Å². The van der Waals surface area contributed by atoms with Gasteiger partial charge in [0.15, 0.2) is 4.32 Å². The molecule has 0 aromatic heterocycles. The summed E-state index contributed by atoms with van der Waals surface area (Å²) in [7, 11) is 0. The molecule has 1 atom stereocenters. The van der Waals surface area contributed by atoms with Gasteiger partial charge >= 0.3 is 0 Å². The van der Waals surface area contributed by atoms with E-state index in [1.807, 2.05) is 30.3 Å². The first-order valence-electron chi connectivity index (χ1n) is 8.90. The lowest BCUT2D eigenvalue weighted by atomic mass is 9.84. The minimum atomic E-state index is -0.769. The molecule has 2 saturated heterocycles. The number of carbonyl (C=O) groups is 1. The van der Waals surface area contributed by atoms with Crippen LogP contribution in [0.4, 0.5) is 0 Å². The number of aliphatic imine (C=N–C) groups is 1. The van der Waals surface area contributed by atoms with Gasteiger partial charge in [-0.15, -0.1) is 0 Å². The van der Waals surface area contributed by atoms with E-state index >= 15 is 0 Å². The maximum Gasteiger partial charge on any atom is 0.249 e. The van der Waals surface area contributed by atoms with Crippen LogP contribution in [0.25, 0.3) is 0 Å². The second kappa shape index (κ2) is 7.26. The van der Waals surface area contributed by atoms with Crippen LogP contribution in [0.3, 0.4) is 0 Å². The Morgan fingerprint density at radius 3 is 2.69 bits per heavy atom. The number of amides is 1. The molecule has 6 nitrogen and oxygen atoms in total. The third-order valence-electron chi connectivity index (χ3n) is 5.21. The van der Waals surface area contributed by atoms with Crippen molar-refractivity contribution in [3.8, 4) is 0 Å². The summed E-state index contributed by atoms with van der Waals surface area (Å²) in [5.41, 5.74) is 0.206. The van der Waals surface area contributed by atoms with E-state index in [4.69, 9.17) is 12.2 Å². The van der Waals surface area contributed by atoms with Crippen molar-refractivity contribution in [1.29, 1.82) is 0 Å². The summed E-state index contributed by atoms with van der Waals surface area (Å²) in [5, 5.41) is 13.9. The number of likely N-dealkylation sites (tertiary alicyclic amines) is 1. The maximum atomic E-state index is 12.7. The smallest absolute Gasteiger partial charge is 0.249 e. The maximum absolute atomic E-state index is 12.7. The number of thiocarbonyl (C=S) groups is 1. The number of piperidine rings is 1. The monoisotopic (exact) mass is 390 g/mol. The van der Waals surface area contributed by atoms with Crippen LogP contribution in [-0.2, 0) is 10.4 Å². The summed E-state index contributed by atoms with van der Waals surface area (Å²) in [6.45, 7) is 3.62. The first-order chi connectivity index (χ1) is 12.6. The molecule has 2 fully saturated rings. The van der Waals surface area contributed by atoms with Gasteiger partial charge in [0.2, 0.25) is 11.9 Å². The molecular weight excluding hydrogens is 368 g/mol. The van der Waals surface area contributed by atoms with Gasteiger partial charge in [-0.1, -0.05) is 54.3 Å². The van der Waals surface area contributed by atoms with Crippen molar-refractivity contribution in [2.24, 2.45) is 4.99 Å². The van der Waals surface area contributed by atoms with Crippen molar-refractivity contribution in [3.05, 3.63) is 35.9 Å². The average Bonchev–Trinajstić information content (AvgIpc) is 3.26. The molecule has 3 aliphatic rings. The number of hydrogen-bond acceptors (Lipinski definition) is 7. The average molecular weight is 391 g/mol. The molecule has 4 rings (SSSR count). The lowest BCUT2D eigenvalue weighted by molar-refractivity contribution is -0.124. The van der Waals surface area contributed by atoms with Crippen molar-refractivity contribution < 1.29 is 9.90 Å². The van der Waals surface area contributed by atoms with Crippen LogP contribution in [0.2, 0.25) is 0 Å². The number of aliphatic hydroxyl groups is 1. The summed E-state index contributed by atoms with van der Waals surface area (Å²) in [6, 6.07) is 9.85. The second-order valence-electron chi connectivity index (χ2n) is 6.88. The molecule has 3 aliphatic heterocycles. The van der Waals surface area contributed by atoms with Gasteiger partial charge in [-0.3, -0.25) is 9.79 Å². The highest BCUT2D eigenvalue weighted by Crippen LogP contribution is 2.34. The first kappa shape index (κ1) is 17.9. The third-order valence-corrected chi connectivity index (χ3v) is 6.70. The molecular formula is C18H22N4O2S2. The fourth-order valence-electron chi connectivity index (χ4n) is 3.68. The minimum Gasteiger partial charge on any atom is -0.385 e. The number of rotatable bonds is 3. The van der Waals surface area contributed by atoms with Crippen LogP contribution in [0.1, 0.15) is 18.4 Å². The van der Waals surface area contributed by atoms with Crippen LogP contribution in [0.15, 0.2) is 35.3 Å². The number of benzene rings is 1. The number of guanidine groups is 1. The SMILES string of the molecule is O=C1C(CN2CCC(O)(c3ccccc3)CC2)SC(=S)N1C1=NCCN1. The molecule has 1 aromatic rings. The number of nitrogens with one attached hydrogen (secondary N) is 1. The Morgan fingerprint density at radius 2 is 2.04 bits per heavy atom. The Bertz CT molecular complexity index is 732. The van der Waals surface area contributed by atoms with Gasteiger partial charge in [0, 0.05) is 26.2 Å². The van der Waals surface area contributed by atoms with Crippen LogP contribution in [0, 0.1) is 0 Å². The molecule has 26 heavy (non-hydrogen) atoms. The van der Waals surface area contributed by atoms with E-state index in [0.717, 1.165) is 25.2 Å². The normalized spacial score (nSPS) is 26.1. The molecule has 1 amide bonds. The Balaban J connectivity index is 1.36. The Kier molecular flexibility index (Phi) is 5.00. The van der Waals surface area contributed by atoms with E-state index in [2.05, 4.69) is 15.2 Å². The van der Waals surface area contributed by atoms with Gasteiger partial charge in [-0.05, 0) is 18.4 Å². The first-order valence-corrected chi connectivity index (χ1v) is 10.2. The molecule has 0 bridgehead atoms. The predicted molar refractivity (Wildman–Crippen MR) is 107 cm³/mol. The van der Waals surface area contributed by atoms with Crippen molar-refractivity contribution in [3.63, 3.8) is 0 Å². The fraction of sp³-hybridized carbons (Fsp3) is 0.500. The molecule has 1 unspecified atom stereocenters. The minimum absolute atomic E-state index is 0.0112. The van der Waals surface area contributed by atoms with Crippen LogP contribution in [-0.4, -0.2) is 69.1 Å². The van der Waals surface area contributed by atoms with Gasteiger partial charge in [0.05, 0.1) is 12.1 Å². The van der Waals surface area contributed by atoms with Gasteiger partial charge in [-0.2, -0.15) is 0 Å². The molecule has 1 aromatic carbocycles. The van der Waals surface area contributed by atoms with Crippen molar-refractivity contribution >= 4 is 40.2 Å². The Morgan fingerprint density at radius 1 is 1.31 bits per heavy atom. The summed E-state index contributed by atoms with van der Waals surface area (Å²) >= 11 is 6.83. The summed E-state index contributed by atoms with van der Waals surface area (Å²) in [4.78, 5) is 20.9. The molecule has 0 radical (unpaired) electrons. The quantitative estimate of drug-likeness (QED) is 0.755. The zero-order valence-electron chi connectivity index (χ0n) is 14.4. The van der Waals surface area contributed by atoms with Crippen LogP contribution < -0.4 is 5.32 Å². The van der Waals surface area contributed by atoms with E-state index in [1.54, 1.807) is 4.90 Å². The number of carbonyl (C=O) groups excluding carboxylic acids is 1. The van der Waals surface area contributed by atoms with Crippen LogP contribution >= 0.6 is 24.0 Å². The molecule has 138 valence electrons. The molecule has 2 N–H and O–H groups in total. The molecule has 0 saturated carbocycles. The number of nitrogens with zero attached hydrogens (tertiary/aromatic N) is 3. The van der Waals surface area contributed by atoms with Crippen molar-refractivity contribution in [2.75, 3.05) is 32.7 Å². The Hall–Kier alpha value is -1.48. The molecule has 0 spiro atoms. The summed E-state index contributed by atoms with van der Waals surface area (Å²) in [5.74, 6) is 0.601. The fourth-order valence-corrected chi connectivity index (χ4v) is 5.22. The van der Waals surface area contributed by atoms with E-state index in [-0.39, 0.29) is 11.2 Å². The standard InChI is InChI=1S/C18H22N4O2S2/c23-15-14(26-17(25)22(15)16-19-8-9-20-16)12-21-10-6-18(24,7-11-21)13-4-2-1-3-5-13/h1-5,14,24H,6-12H2,(H,19,20). The van der Waals surface area contributed by atoms with Gasteiger partial charge < -0.3 is 15.3 Å². The highest BCUT2D eigenvalue weighted by atomic mass is 32.2. The second-order valence-corrected chi connectivity index (χ2v) is 8.71. The summed E-state index contributed by atoms with van der Waals surface area (Å²) < 4.78 is 0.575. The highest BCUT2D eigenvalue weighted by Gasteiger charge is 2.42. The molecule has 0 aliphatic carbocycles. The van der Waals surface area contributed by atoms with Crippen molar-refractivity contribution in [2.45, 2.75) is 23.7 Å². The molecule has 8 heteroatoms. The van der Waals surface area contributed by atoms with E-state index in [9.17, 15) is 9.90 Å². The number of thioether (sulfide) groups is 1. The zero-order valence-corrected chi connectivity index (χ0v) is 16.1. The van der Waals surface area contributed by atoms with E-state index < -0.39 is 5.60 Å². The van der Waals surface area contributed by atoms with Gasteiger partial charge in [-0.25, -0.2) is 4.90 Å².